The van der Waals surface area contributed by atoms with E-state index < -0.39 is 0 Å². The molecule has 5 heteroatoms. The van der Waals surface area contributed by atoms with E-state index >= 15 is 0 Å². The first-order valence-corrected chi connectivity index (χ1v) is 10.3. The molecule has 32 heavy (non-hydrogen) atoms. The Balaban J connectivity index is 1.83. The molecule has 4 nitrogen and oxygen atoms in total. The molecule has 0 aliphatic carbocycles. The number of rotatable bonds is 7. The van der Waals surface area contributed by atoms with Crippen LogP contribution in [-0.2, 0) is 6.61 Å². The van der Waals surface area contributed by atoms with Crippen molar-refractivity contribution in [1.29, 1.82) is 0 Å². The zero-order chi connectivity index (χ0) is 22.6. The third-order valence-electron chi connectivity index (χ3n) is 4.26. The second-order valence-electron chi connectivity index (χ2n) is 6.59. The summed E-state index contributed by atoms with van der Waals surface area (Å²) in [6, 6.07) is 18.9. The molecule has 0 unspecified atom stereocenters. The minimum Gasteiger partial charge on any atom is -0.483 e. The van der Waals surface area contributed by atoms with Crippen LogP contribution in [0.2, 0.25) is 5.02 Å². The van der Waals surface area contributed by atoms with Crippen molar-refractivity contribution in [2.45, 2.75) is 13.5 Å². The molecule has 0 N–H and O–H groups in total. The van der Waals surface area contributed by atoms with E-state index in [9.17, 15) is 0 Å². The molecule has 0 saturated carbocycles. The van der Waals surface area contributed by atoms with Crippen LogP contribution >= 0.6 is 11.6 Å². The Morgan fingerprint density at radius 2 is 1.88 bits per heavy atom. The molecule has 3 rings (SSSR count). The molecule has 1 aromatic heterocycles. The topological polar surface area (TPSA) is 44.2 Å². The van der Waals surface area contributed by atoms with Gasteiger partial charge < -0.3 is 9.47 Å². The predicted molar refractivity (Wildman–Crippen MR) is 127 cm³/mol. The van der Waals surface area contributed by atoms with Gasteiger partial charge in [0, 0.05) is 16.7 Å². The highest BCUT2D eigenvalue weighted by Crippen LogP contribution is 2.26. The SMILES string of the molecule is C#C/C=C\C(=C/C)COc1nnc(C#Cc2cccc(Cl)c2)cc1OCc1ccccc1. The highest BCUT2D eigenvalue weighted by molar-refractivity contribution is 6.30. The Hall–Kier alpha value is -3.99. The summed E-state index contributed by atoms with van der Waals surface area (Å²) in [6.07, 6.45) is 10.6. The third-order valence-corrected chi connectivity index (χ3v) is 4.50. The Kier molecular flexibility index (Phi) is 8.51. The highest BCUT2D eigenvalue weighted by Gasteiger charge is 2.11. The summed E-state index contributed by atoms with van der Waals surface area (Å²) in [7, 11) is 0. The molecule has 0 radical (unpaired) electrons. The molecule has 0 saturated heterocycles. The fraction of sp³-hybridized carbons (Fsp3) is 0.111. The van der Waals surface area contributed by atoms with Gasteiger partial charge in [-0.1, -0.05) is 65.9 Å². The number of aromatic nitrogens is 2. The summed E-state index contributed by atoms with van der Waals surface area (Å²) >= 11 is 6.02. The lowest BCUT2D eigenvalue weighted by molar-refractivity contribution is 0.263. The summed E-state index contributed by atoms with van der Waals surface area (Å²) in [5.41, 5.74) is 3.17. The fourth-order valence-electron chi connectivity index (χ4n) is 2.60. The molecule has 3 aromatic rings. The number of terminal acetylenes is 1. The lowest BCUT2D eigenvalue weighted by Gasteiger charge is -2.12. The molecule has 0 fully saturated rings. The summed E-state index contributed by atoms with van der Waals surface area (Å²) in [4.78, 5) is 0. The van der Waals surface area contributed by atoms with Gasteiger partial charge >= 0.3 is 0 Å². The molecule has 158 valence electrons. The number of benzene rings is 2. The van der Waals surface area contributed by atoms with Gasteiger partial charge in [-0.2, -0.15) is 0 Å². The van der Waals surface area contributed by atoms with Gasteiger partial charge in [0.05, 0.1) is 0 Å². The maximum absolute atomic E-state index is 6.02. The zero-order valence-corrected chi connectivity index (χ0v) is 18.3. The van der Waals surface area contributed by atoms with Crippen LogP contribution in [0.15, 0.2) is 84.5 Å². The molecule has 0 atom stereocenters. The van der Waals surface area contributed by atoms with Crippen LogP contribution in [0.4, 0.5) is 0 Å². The van der Waals surface area contributed by atoms with Crippen LogP contribution in [0.3, 0.4) is 0 Å². The lowest BCUT2D eigenvalue weighted by Crippen LogP contribution is -2.06. The van der Waals surface area contributed by atoms with Gasteiger partial charge in [-0.3, -0.25) is 0 Å². The van der Waals surface area contributed by atoms with Crippen molar-refractivity contribution in [2.24, 2.45) is 0 Å². The van der Waals surface area contributed by atoms with E-state index in [0.717, 1.165) is 16.7 Å². The van der Waals surface area contributed by atoms with Crippen LogP contribution < -0.4 is 9.47 Å². The fourth-order valence-corrected chi connectivity index (χ4v) is 2.79. The van der Waals surface area contributed by atoms with Crippen LogP contribution in [0.1, 0.15) is 23.7 Å². The van der Waals surface area contributed by atoms with Crippen molar-refractivity contribution in [3.05, 3.63) is 106 Å². The first-order valence-electron chi connectivity index (χ1n) is 9.90. The molecule has 0 spiro atoms. The molecule has 2 aromatic carbocycles. The summed E-state index contributed by atoms with van der Waals surface area (Å²) in [6.45, 7) is 2.54. The third kappa shape index (κ3) is 7.06. The van der Waals surface area contributed by atoms with Crippen LogP contribution in [0.5, 0.6) is 11.6 Å². The molecule has 0 aliphatic rings. The standard InChI is InChI=1S/C27H21ClN2O2/c1-3-5-10-21(4-2)19-32-27-26(31-20-23-11-7-6-8-12-23)18-25(29-30-27)16-15-22-13-9-14-24(28)17-22/h1,4-14,17-18H,19-20H2,2H3/b10-5-,21-4+. The molecular weight excluding hydrogens is 420 g/mol. The average molecular weight is 441 g/mol. The van der Waals surface area contributed by atoms with E-state index in [1.165, 1.54) is 0 Å². The van der Waals surface area contributed by atoms with Gasteiger partial charge in [0.1, 0.15) is 18.9 Å². The van der Waals surface area contributed by atoms with E-state index in [1.54, 1.807) is 24.3 Å². The molecule has 1 heterocycles. The van der Waals surface area contributed by atoms with Gasteiger partial charge in [0.25, 0.3) is 5.88 Å². The van der Waals surface area contributed by atoms with Crippen molar-refractivity contribution in [2.75, 3.05) is 6.61 Å². The van der Waals surface area contributed by atoms with Crippen molar-refractivity contribution in [3.63, 3.8) is 0 Å². The Bertz CT molecular complexity index is 1220. The number of hydrogen-bond acceptors (Lipinski definition) is 4. The largest absolute Gasteiger partial charge is 0.483 e. The van der Waals surface area contributed by atoms with Gasteiger partial charge in [-0.25, -0.2) is 0 Å². The maximum atomic E-state index is 6.02. The first-order chi connectivity index (χ1) is 15.7. The van der Waals surface area contributed by atoms with E-state index in [-0.39, 0.29) is 12.5 Å². The highest BCUT2D eigenvalue weighted by atomic mass is 35.5. The zero-order valence-electron chi connectivity index (χ0n) is 17.6. The first kappa shape index (κ1) is 22.7. The Labute approximate surface area is 193 Å². The summed E-state index contributed by atoms with van der Waals surface area (Å²) in [5.74, 6) is 9.23. The lowest BCUT2D eigenvalue weighted by atomic mass is 10.2. The summed E-state index contributed by atoms with van der Waals surface area (Å²) in [5, 5.41) is 8.98. The second-order valence-corrected chi connectivity index (χ2v) is 7.02. The minimum absolute atomic E-state index is 0.276. The Morgan fingerprint density at radius 3 is 2.62 bits per heavy atom. The number of halogens is 1. The molecule has 0 bridgehead atoms. The van der Waals surface area contributed by atoms with Crippen molar-refractivity contribution in [1.82, 2.24) is 10.2 Å². The van der Waals surface area contributed by atoms with Gasteiger partial charge in [-0.05, 0) is 54.3 Å². The monoisotopic (exact) mass is 440 g/mol. The normalized spacial score (nSPS) is 10.8. The van der Waals surface area contributed by atoms with Crippen molar-refractivity contribution >= 4 is 11.6 Å². The smallest absolute Gasteiger partial charge is 0.276 e. The second kappa shape index (κ2) is 12.0. The number of allylic oxidation sites excluding steroid dienone is 2. The quantitative estimate of drug-likeness (QED) is 0.353. The minimum atomic E-state index is 0.276. The van der Waals surface area contributed by atoms with Crippen LogP contribution in [-0.4, -0.2) is 16.8 Å². The van der Waals surface area contributed by atoms with Gasteiger partial charge in [0.2, 0.25) is 0 Å². The number of ether oxygens (including phenoxy) is 2. The van der Waals surface area contributed by atoms with Crippen LogP contribution in [0.25, 0.3) is 0 Å². The van der Waals surface area contributed by atoms with Crippen LogP contribution in [0, 0.1) is 24.2 Å². The number of nitrogens with zero attached hydrogens (tertiary/aromatic N) is 2. The molecular formula is C27H21ClN2O2. The van der Waals surface area contributed by atoms with Crippen molar-refractivity contribution < 1.29 is 9.47 Å². The van der Waals surface area contributed by atoms with Gasteiger partial charge in [0.15, 0.2) is 5.75 Å². The van der Waals surface area contributed by atoms with Crippen molar-refractivity contribution in [3.8, 4) is 35.8 Å². The average Bonchev–Trinajstić information content (AvgIpc) is 2.83. The molecule has 0 amide bonds. The van der Waals surface area contributed by atoms with E-state index in [0.29, 0.717) is 23.1 Å². The summed E-state index contributed by atoms with van der Waals surface area (Å²) < 4.78 is 11.9. The molecule has 0 aliphatic heterocycles. The van der Waals surface area contributed by atoms with E-state index in [2.05, 4.69) is 28.0 Å². The van der Waals surface area contributed by atoms with Gasteiger partial charge in [-0.15, -0.1) is 16.6 Å². The van der Waals surface area contributed by atoms with E-state index in [1.807, 2.05) is 61.5 Å². The van der Waals surface area contributed by atoms with E-state index in [4.69, 9.17) is 27.5 Å². The maximum Gasteiger partial charge on any atom is 0.276 e. The Morgan fingerprint density at radius 1 is 1.03 bits per heavy atom. The predicted octanol–water partition coefficient (Wildman–Crippen LogP) is 5.62. The number of hydrogen-bond donors (Lipinski definition) is 0.